The highest BCUT2D eigenvalue weighted by Gasteiger charge is 2.72. The number of aliphatic carboxylic acids is 2. The Balaban J connectivity index is 1.13. The number of rotatable bonds is 10. The fourth-order valence-electron chi connectivity index (χ4n) is 14.8. The van der Waals surface area contributed by atoms with Crippen molar-refractivity contribution in [2.24, 2.45) is 50.2 Å². The molecule has 24 atom stereocenters. The van der Waals surface area contributed by atoms with Gasteiger partial charge in [0.25, 0.3) is 0 Å². The summed E-state index contributed by atoms with van der Waals surface area (Å²) in [5.74, 6) is -3.36. The third-order valence-corrected chi connectivity index (χ3v) is 18.9. The molecular weight excluding hydrogens is 884 g/mol. The lowest BCUT2D eigenvalue weighted by Crippen LogP contribution is -2.69. The van der Waals surface area contributed by atoms with Crippen molar-refractivity contribution in [3.8, 4) is 0 Å². The first-order valence-electron chi connectivity index (χ1n) is 23.8. The fourth-order valence-corrected chi connectivity index (χ4v) is 14.8. The van der Waals surface area contributed by atoms with Gasteiger partial charge in [-0.15, -0.1) is 0 Å². The SMILES string of the molecule is CC1(C)CC[C@]2(C(=O)O)[C@H](O)C[C@]3(C)C(=CC[C@@H]4[C@@]5(C)CC[C@H](O[C@@H]6O[C@H](C(=O)O)[C@@H](O)[C@H](O[C@@H]7OC[C@@H](O)[C@H](O)[C@H]7O)[C@H]6O[C@@H]6O[C@H](CO)[C@H](O)[C@H](O)[C@H]6O)[C@@](C)(C=O)[C@H]5CC[C@]43C)[C@@H]2C1. The molecule has 20 nitrogen and oxygen atoms in total. The van der Waals surface area contributed by atoms with Crippen LogP contribution in [0.5, 0.6) is 0 Å². The van der Waals surface area contributed by atoms with Gasteiger partial charge >= 0.3 is 11.9 Å². The summed E-state index contributed by atoms with van der Waals surface area (Å²) in [5.41, 5.74) is -3.10. The average Bonchev–Trinajstić information content (AvgIpc) is 3.26. The molecule has 0 aromatic carbocycles. The lowest BCUT2D eigenvalue weighted by Gasteiger charge is -2.71. The molecule has 3 heterocycles. The number of carboxylic acids is 2. The molecule has 20 heteroatoms. The molecule has 0 radical (unpaired) electrons. The number of hydrogen-bond acceptors (Lipinski definition) is 18. The molecule has 11 N–H and O–H groups in total. The van der Waals surface area contributed by atoms with E-state index in [1.165, 1.54) is 0 Å². The Morgan fingerprint density at radius 2 is 1.40 bits per heavy atom. The number of allylic oxidation sites excluding steroid dienone is 2. The summed E-state index contributed by atoms with van der Waals surface area (Å²) in [4.78, 5) is 39.8. The average molecular weight is 957 g/mol. The number of carboxylic acid groups (broad SMARTS) is 2. The van der Waals surface area contributed by atoms with Crippen molar-refractivity contribution in [3.63, 3.8) is 0 Å². The van der Waals surface area contributed by atoms with Crippen molar-refractivity contribution < 1.29 is 99.0 Å². The number of carbonyl (C=O) groups is 3. The van der Waals surface area contributed by atoms with Gasteiger partial charge in [-0.2, -0.15) is 0 Å². The van der Waals surface area contributed by atoms with Gasteiger partial charge in [0.15, 0.2) is 25.0 Å². The van der Waals surface area contributed by atoms with Gasteiger partial charge in [-0.05, 0) is 97.2 Å². The molecule has 0 spiro atoms. The smallest absolute Gasteiger partial charge is 0.335 e. The van der Waals surface area contributed by atoms with Gasteiger partial charge in [-0.25, -0.2) is 4.79 Å². The third kappa shape index (κ3) is 7.78. The number of carbonyl (C=O) groups excluding carboxylic acids is 1. The highest BCUT2D eigenvalue weighted by Crippen LogP contribution is 2.76. The molecule has 8 aliphatic rings. The Hall–Kier alpha value is -2.25. The van der Waals surface area contributed by atoms with Crippen molar-refractivity contribution in [2.75, 3.05) is 13.2 Å². The first kappa shape index (κ1) is 51.1. The van der Waals surface area contributed by atoms with E-state index in [9.17, 15) is 70.6 Å². The predicted octanol–water partition coefficient (Wildman–Crippen LogP) is -0.413. The Morgan fingerprint density at radius 1 is 0.731 bits per heavy atom. The summed E-state index contributed by atoms with van der Waals surface area (Å²) in [6, 6.07) is 0. The molecule has 7 fully saturated rings. The minimum atomic E-state index is -2.14. The van der Waals surface area contributed by atoms with E-state index >= 15 is 0 Å². The molecule has 0 aromatic heterocycles. The molecule has 3 aliphatic heterocycles. The Bertz CT molecular complexity index is 1910. The van der Waals surface area contributed by atoms with Crippen LogP contribution in [0.3, 0.4) is 0 Å². The second-order valence-electron chi connectivity index (χ2n) is 22.8. The maximum Gasteiger partial charge on any atom is 0.335 e. The van der Waals surface area contributed by atoms with Gasteiger partial charge in [0.05, 0.1) is 30.8 Å². The number of aldehydes is 1. The van der Waals surface area contributed by atoms with E-state index in [-0.39, 0.29) is 36.0 Å². The maximum absolute atomic E-state index is 13.8. The predicted molar refractivity (Wildman–Crippen MR) is 227 cm³/mol. The van der Waals surface area contributed by atoms with Crippen LogP contribution >= 0.6 is 0 Å². The molecule has 67 heavy (non-hydrogen) atoms. The lowest BCUT2D eigenvalue weighted by atomic mass is 9.33. The van der Waals surface area contributed by atoms with E-state index in [0.717, 1.165) is 11.9 Å². The van der Waals surface area contributed by atoms with E-state index in [1.807, 2.05) is 0 Å². The number of fused-ring (bicyclic) bond motifs is 7. The van der Waals surface area contributed by atoms with Gasteiger partial charge in [0.2, 0.25) is 0 Å². The molecule has 0 unspecified atom stereocenters. The van der Waals surface area contributed by atoms with Crippen LogP contribution in [0, 0.1) is 50.2 Å². The Morgan fingerprint density at radius 3 is 2.04 bits per heavy atom. The normalized spacial score (nSPS) is 54.0. The molecule has 0 bridgehead atoms. The number of hydrogen-bond donors (Lipinski definition) is 11. The van der Waals surface area contributed by atoms with Crippen molar-refractivity contribution in [1.29, 1.82) is 0 Å². The maximum atomic E-state index is 13.8. The molecule has 0 aromatic rings. The van der Waals surface area contributed by atoms with Gasteiger partial charge < -0.3 is 89.4 Å². The van der Waals surface area contributed by atoms with Gasteiger partial charge in [0, 0.05) is 0 Å². The summed E-state index contributed by atoms with van der Waals surface area (Å²) in [5, 5.41) is 118. The monoisotopic (exact) mass is 956 g/mol. The number of aliphatic hydroxyl groups is 9. The minimum absolute atomic E-state index is 0.0258. The van der Waals surface area contributed by atoms with E-state index in [2.05, 4.69) is 40.7 Å². The topological polar surface area (TPSA) is 329 Å². The van der Waals surface area contributed by atoms with E-state index in [4.69, 9.17) is 28.4 Å². The van der Waals surface area contributed by atoms with E-state index < -0.39 is 150 Å². The van der Waals surface area contributed by atoms with E-state index in [0.29, 0.717) is 44.9 Å². The van der Waals surface area contributed by atoms with Crippen LogP contribution in [-0.4, -0.2) is 186 Å². The Labute approximate surface area is 389 Å². The third-order valence-electron chi connectivity index (χ3n) is 18.9. The first-order valence-corrected chi connectivity index (χ1v) is 23.8. The highest BCUT2D eigenvalue weighted by molar-refractivity contribution is 5.78. The van der Waals surface area contributed by atoms with Crippen LogP contribution in [0.2, 0.25) is 0 Å². The van der Waals surface area contributed by atoms with Crippen molar-refractivity contribution in [1.82, 2.24) is 0 Å². The van der Waals surface area contributed by atoms with Crippen LogP contribution in [-0.2, 0) is 42.8 Å². The number of aliphatic hydroxyl groups excluding tert-OH is 9. The van der Waals surface area contributed by atoms with Crippen LogP contribution in [0.15, 0.2) is 11.6 Å². The minimum Gasteiger partial charge on any atom is -0.481 e. The molecule has 0 amide bonds. The van der Waals surface area contributed by atoms with Crippen LogP contribution in [0.4, 0.5) is 0 Å². The van der Waals surface area contributed by atoms with Crippen LogP contribution < -0.4 is 0 Å². The summed E-state index contributed by atoms with van der Waals surface area (Å²) in [6.45, 7) is 11.3. The lowest BCUT2D eigenvalue weighted by molar-refractivity contribution is -0.391. The second kappa shape index (κ2) is 17.8. The summed E-state index contributed by atoms with van der Waals surface area (Å²) >= 11 is 0. The number of ether oxygens (including phenoxy) is 6. The fraction of sp³-hybridized carbons (Fsp3) is 0.894. The highest BCUT2D eigenvalue weighted by atomic mass is 16.8. The van der Waals surface area contributed by atoms with Crippen molar-refractivity contribution in [2.45, 2.75) is 198 Å². The summed E-state index contributed by atoms with van der Waals surface area (Å²) in [6.07, 6.45) is -20.5. The second-order valence-corrected chi connectivity index (χ2v) is 22.8. The zero-order valence-electron chi connectivity index (χ0n) is 39.0. The molecule has 8 rings (SSSR count). The van der Waals surface area contributed by atoms with Crippen LogP contribution in [0.1, 0.15) is 99.3 Å². The molecule has 5 aliphatic carbocycles. The molecule has 4 saturated carbocycles. The zero-order chi connectivity index (χ0) is 49.1. The molecule has 380 valence electrons. The summed E-state index contributed by atoms with van der Waals surface area (Å²) < 4.78 is 35.9. The molecule has 3 saturated heterocycles. The first-order chi connectivity index (χ1) is 31.3. The van der Waals surface area contributed by atoms with Gasteiger partial charge in [-0.1, -0.05) is 53.2 Å². The van der Waals surface area contributed by atoms with Crippen LogP contribution in [0.25, 0.3) is 0 Å². The largest absolute Gasteiger partial charge is 0.481 e. The zero-order valence-corrected chi connectivity index (χ0v) is 39.0. The summed E-state index contributed by atoms with van der Waals surface area (Å²) in [7, 11) is 0. The van der Waals surface area contributed by atoms with E-state index in [1.54, 1.807) is 6.92 Å². The van der Waals surface area contributed by atoms with Crippen molar-refractivity contribution >= 4 is 18.2 Å². The Kier molecular flexibility index (Phi) is 13.6. The standard InChI is InChI=1S/C47H72O20/c1-42(2)13-14-47(41(60)61)21(15-42)20-7-8-25-43(3)11-10-27(44(4,19-49)24(43)9-12-45(25,5)46(20,6)16-26(47)51)64-40-36(67-39-32(56)30(54)29(53)23(17-48)63-39)34(33(57)35(66-40)37(58)59)65-38-31(55)28(52)22(50)18-62-38/h7,19,21-36,38-40,48,50-57H,8-18H2,1-6H3,(H,58,59)(H,60,61)/t21-,22+,23+,24-,25+,26+,27-,28-,29-,30-,31+,32+,33-,34-,35-,36+,38-,39-,40+,43-,44-,45+,46+,47+/m0/s1. The van der Waals surface area contributed by atoms with Gasteiger partial charge in [0.1, 0.15) is 72.7 Å². The molecular formula is C47H72O20. The van der Waals surface area contributed by atoms with Gasteiger partial charge in [-0.3, -0.25) is 4.79 Å². The quantitative estimate of drug-likeness (QED) is 0.0753. The van der Waals surface area contributed by atoms with Crippen molar-refractivity contribution in [3.05, 3.63) is 11.6 Å².